The molecule has 1 saturated heterocycles. The van der Waals surface area contributed by atoms with Crippen LogP contribution in [0.1, 0.15) is 36.8 Å². The van der Waals surface area contributed by atoms with Crippen LogP contribution in [-0.4, -0.2) is 38.9 Å². The number of allylic oxidation sites excluding steroid dienone is 2. The maximum Gasteiger partial charge on any atom is 0.249 e. The lowest BCUT2D eigenvalue weighted by molar-refractivity contribution is -0.146. The number of hydrogen-bond donors (Lipinski definition) is 1. The van der Waals surface area contributed by atoms with Crippen molar-refractivity contribution in [1.82, 2.24) is 15.1 Å². The van der Waals surface area contributed by atoms with Gasteiger partial charge in [0.1, 0.15) is 11.0 Å². The van der Waals surface area contributed by atoms with E-state index in [0.717, 1.165) is 36.3 Å². The molecule has 1 saturated carbocycles. The zero-order valence-corrected chi connectivity index (χ0v) is 18.8. The summed E-state index contributed by atoms with van der Waals surface area (Å²) < 4.78 is 0. The number of fused-ring (bicyclic) bond motifs is 1. The fourth-order valence-electron chi connectivity index (χ4n) is 5.35. The molecule has 2 fully saturated rings. The van der Waals surface area contributed by atoms with Gasteiger partial charge in [0.2, 0.25) is 22.9 Å². The first-order chi connectivity index (χ1) is 15.6. The molecule has 1 aliphatic heterocycles. The van der Waals surface area contributed by atoms with E-state index in [-0.39, 0.29) is 41.9 Å². The van der Waals surface area contributed by atoms with Crippen molar-refractivity contribution >= 4 is 34.2 Å². The van der Waals surface area contributed by atoms with E-state index in [1.165, 1.54) is 16.2 Å². The topological polar surface area (TPSA) is 92.3 Å². The lowest BCUT2D eigenvalue weighted by Crippen LogP contribution is -2.49. The number of aromatic nitrogens is 2. The van der Waals surface area contributed by atoms with Crippen LogP contribution in [0.25, 0.3) is 0 Å². The number of amides is 3. The van der Waals surface area contributed by atoms with Gasteiger partial charge in [-0.2, -0.15) is 0 Å². The van der Waals surface area contributed by atoms with Crippen LogP contribution in [-0.2, 0) is 27.2 Å². The van der Waals surface area contributed by atoms with Crippen molar-refractivity contribution in [3.05, 3.63) is 53.1 Å². The van der Waals surface area contributed by atoms with Gasteiger partial charge in [-0.3, -0.25) is 24.6 Å². The molecule has 2 aromatic rings. The molecule has 166 valence electrons. The van der Waals surface area contributed by atoms with Crippen LogP contribution in [0, 0.1) is 23.7 Å². The van der Waals surface area contributed by atoms with Gasteiger partial charge in [-0.05, 0) is 36.7 Å². The third-order valence-electron chi connectivity index (χ3n) is 6.84. The molecule has 5 atom stereocenters. The summed E-state index contributed by atoms with van der Waals surface area (Å²) in [5, 5.41) is 12.3. The summed E-state index contributed by atoms with van der Waals surface area (Å²) in [5.41, 5.74) is 0.896. The van der Waals surface area contributed by atoms with E-state index in [2.05, 4.69) is 34.6 Å². The summed E-state index contributed by atoms with van der Waals surface area (Å²) in [5.74, 6) is -1.31. The number of nitrogens with zero attached hydrogens (tertiary/aromatic N) is 3. The standard InChI is InChI=1S/C24H26N4O3S/c1-2-6-18-26-27-24(32-18)25-21(29)17(13-14-7-4-3-5-8-14)28-22(30)19-15-9-10-16(12-11-15)20(19)23(28)31/h3-5,7-10,15-17,19-20H,2,6,11-13H2,1H3,(H,25,27,29)/t15-,16-,17-,19+,20+/m0/s1. The molecule has 1 N–H and O–H groups in total. The van der Waals surface area contributed by atoms with Gasteiger partial charge in [-0.15, -0.1) is 10.2 Å². The Hall–Kier alpha value is -2.87. The van der Waals surface area contributed by atoms with Gasteiger partial charge in [-0.1, -0.05) is 60.7 Å². The molecule has 4 aliphatic rings. The van der Waals surface area contributed by atoms with Crippen LogP contribution in [0.3, 0.4) is 0 Å². The number of imide groups is 1. The summed E-state index contributed by atoms with van der Waals surface area (Å²) in [6, 6.07) is 8.59. The van der Waals surface area contributed by atoms with Crippen molar-refractivity contribution in [2.24, 2.45) is 23.7 Å². The molecular formula is C24H26N4O3S. The largest absolute Gasteiger partial charge is 0.299 e. The van der Waals surface area contributed by atoms with E-state index in [0.29, 0.717) is 5.13 Å². The highest BCUT2D eigenvalue weighted by Gasteiger charge is 2.58. The first-order valence-electron chi connectivity index (χ1n) is 11.3. The Bertz CT molecular complexity index is 1030. The van der Waals surface area contributed by atoms with E-state index < -0.39 is 11.9 Å². The minimum absolute atomic E-state index is 0.0895. The van der Waals surface area contributed by atoms with Gasteiger partial charge in [0, 0.05) is 12.8 Å². The number of carbonyl (C=O) groups excluding carboxylic acids is 3. The lowest BCUT2D eigenvalue weighted by Gasteiger charge is -2.38. The Morgan fingerprint density at radius 3 is 2.34 bits per heavy atom. The van der Waals surface area contributed by atoms with Crippen LogP contribution in [0.15, 0.2) is 42.5 Å². The zero-order chi connectivity index (χ0) is 22.2. The highest BCUT2D eigenvalue weighted by atomic mass is 32.1. The molecular weight excluding hydrogens is 424 g/mol. The Morgan fingerprint density at radius 2 is 1.75 bits per heavy atom. The molecule has 0 unspecified atom stereocenters. The molecule has 32 heavy (non-hydrogen) atoms. The summed E-state index contributed by atoms with van der Waals surface area (Å²) >= 11 is 1.33. The molecule has 1 aromatic heterocycles. The highest BCUT2D eigenvalue weighted by Crippen LogP contribution is 2.50. The molecule has 2 bridgehead atoms. The van der Waals surface area contributed by atoms with E-state index in [4.69, 9.17) is 0 Å². The van der Waals surface area contributed by atoms with E-state index in [9.17, 15) is 14.4 Å². The average molecular weight is 451 g/mol. The summed E-state index contributed by atoms with van der Waals surface area (Å²) in [6.45, 7) is 2.06. The molecule has 1 aromatic carbocycles. The SMILES string of the molecule is CCCc1nnc(NC(=O)[C@H](Cc2ccccc2)N2C(=O)[C@H]3[C@H](C2=O)[C@H]2C=C[C@H]3CC2)s1. The van der Waals surface area contributed by atoms with Crippen LogP contribution in [0.5, 0.6) is 0 Å². The van der Waals surface area contributed by atoms with E-state index in [1.807, 2.05) is 30.3 Å². The van der Waals surface area contributed by atoms with E-state index in [1.54, 1.807) is 0 Å². The van der Waals surface area contributed by atoms with Crippen LogP contribution < -0.4 is 5.32 Å². The zero-order valence-electron chi connectivity index (χ0n) is 17.9. The Morgan fingerprint density at radius 1 is 1.09 bits per heavy atom. The number of benzene rings is 1. The Labute approximate surface area is 190 Å². The fourth-order valence-corrected chi connectivity index (χ4v) is 6.20. The van der Waals surface area contributed by atoms with Gasteiger partial charge in [-0.25, -0.2) is 0 Å². The predicted molar refractivity (Wildman–Crippen MR) is 121 cm³/mol. The number of likely N-dealkylation sites (tertiary alicyclic amines) is 1. The first kappa shape index (κ1) is 21.0. The van der Waals surface area contributed by atoms with Crippen LogP contribution in [0.2, 0.25) is 0 Å². The molecule has 7 nitrogen and oxygen atoms in total. The molecule has 6 rings (SSSR count). The molecule has 3 aliphatic carbocycles. The molecule has 3 amide bonds. The fraction of sp³-hybridized carbons (Fsp3) is 0.458. The van der Waals surface area contributed by atoms with Gasteiger partial charge >= 0.3 is 0 Å². The quantitative estimate of drug-likeness (QED) is 0.516. The van der Waals surface area contributed by atoms with Crippen LogP contribution >= 0.6 is 11.3 Å². The van der Waals surface area contributed by atoms with Crippen molar-refractivity contribution in [2.75, 3.05) is 5.32 Å². The van der Waals surface area contributed by atoms with Gasteiger partial charge in [0.25, 0.3) is 0 Å². The number of anilines is 1. The summed E-state index contributed by atoms with van der Waals surface area (Å²) in [4.78, 5) is 41.6. The summed E-state index contributed by atoms with van der Waals surface area (Å²) in [6.07, 6.45) is 8.04. The Balaban J connectivity index is 1.44. The van der Waals surface area contributed by atoms with Crippen molar-refractivity contribution < 1.29 is 14.4 Å². The number of hydrogen-bond acceptors (Lipinski definition) is 6. The second-order valence-electron chi connectivity index (χ2n) is 8.83. The number of nitrogens with one attached hydrogen (secondary N) is 1. The summed E-state index contributed by atoms with van der Waals surface area (Å²) in [7, 11) is 0. The van der Waals surface area contributed by atoms with Gasteiger partial charge in [0.05, 0.1) is 11.8 Å². The third kappa shape index (κ3) is 3.66. The normalized spacial score (nSPS) is 27.0. The monoisotopic (exact) mass is 450 g/mol. The van der Waals surface area contributed by atoms with Gasteiger partial charge < -0.3 is 0 Å². The van der Waals surface area contributed by atoms with Crippen LogP contribution in [0.4, 0.5) is 5.13 Å². The number of carbonyl (C=O) groups is 3. The van der Waals surface area contributed by atoms with Crippen molar-refractivity contribution in [1.29, 1.82) is 0 Å². The maximum absolute atomic E-state index is 13.5. The van der Waals surface area contributed by atoms with Crippen molar-refractivity contribution in [3.63, 3.8) is 0 Å². The average Bonchev–Trinajstić information content (AvgIpc) is 3.37. The molecule has 0 radical (unpaired) electrons. The second-order valence-corrected chi connectivity index (χ2v) is 9.90. The predicted octanol–water partition coefficient (Wildman–Crippen LogP) is 3.24. The number of aryl methyl sites for hydroxylation is 1. The molecule has 0 spiro atoms. The first-order valence-corrected chi connectivity index (χ1v) is 12.1. The van der Waals surface area contributed by atoms with E-state index >= 15 is 0 Å². The maximum atomic E-state index is 13.5. The van der Waals surface area contributed by atoms with Gasteiger partial charge in [0.15, 0.2) is 0 Å². The van der Waals surface area contributed by atoms with Crippen molar-refractivity contribution in [3.8, 4) is 0 Å². The lowest BCUT2D eigenvalue weighted by atomic mass is 9.63. The Kier molecular flexibility index (Phi) is 5.63. The third-order valence-corrected chi connectivity index (χ3v) is 7.74. The van der Waals surface area contributed by atoms with Crippen molar-refractivity contribution in [2.45, 2.75) is 45.1 Å². The second kappa shape index (κ2) is 8.58. The minimum atomic E-state index is -0.916. The molecule has 8 heteroatoms. The smallest absolute Gasteiger partial charge is 0.249 e. The number of rotatable bonds is 7. The highest BCUT2D eigenvalue weighted by molar-refractivity contribution is 7.15. The minimum Gasteiger partial charge on any atom is -0.299 e. The molecule has 2 heterocycles.